The van der Waals surface area contributed by atoms with Crippen molar-refractivity contribution in [1.29, 1.82) is 5.26 Å². The van der Waals surface area contributed by atoms with Crippen LogP contribution in [0.1, 0.15) is 51.8 Å². The van der Waals surface area contributed by atoms with Gasteiger partial charge in [-0.2, -0.15) is 5.26 Å². The molecule has 0 atom stereocenters. The standard InChI is InChI=1S/C28H23BrN4/c1-4-26-32-27-17(2)14-18(3)31-28(27)33(26)16-19-8-10-21-20(15-19)9-11-24-22(23(21)12-13-30)6-5-7-25(24)29/h5-12,14-15H,4,16H2,1-3H3/b23-12+. The van der Waals surface area contributed by atoms with E-state index >= 15 is 0 Å². The number of aromatic nitrogens is 3. The molecule has 0 radical (unpaired) electrons. The molecule has 0 fully saturated rings. The fourth-order valence-corrected chi connectivity index (χ4v) is 5.14. The van der Waals surface area contributed by atoms with Crippen LogP contribution in [0.3, 0.4) is 0 Å². The first-order chi connectivity index (χ1) is 16.0. The van der Waals surface area contributed by atoms with Crippen molar-refractivity contribution in [3.05, 3.63) is 97.9 Å². The summed E-state index contributed by atoms with van der Waals surface area (Å²) in [5, 5.41) is 9.48. The molecule has 162 valence electrons. The lowest BCUT2D eigenvalue weighted by molar-refractivity contribution is 0.745. The van der Waals surface area contributed by atoms with Gasteiger partial charge in [0, 0.05) is 28.2 Å². The molecule has 0 unspecified atom stereocenters. The molecule has 0 amide bonds. The highest BCUT2D eigenvalue weighted by Crippen LogP contribution is 2.37. The van der Waals surface area contributed by atoms with E-state index in [2.05, 4.69) is 82.9 Å². The second kappa shape index (κ2) is 8.46. The number of rotatable bonds is 3. The highest BCUT2D eigenvalue weighted by molar-refractivity contribution is 9.10. The third-order valence-corrected chi connectivity index (χ3v) is 6.84. The first-order valence-electron chi connectivity index (χ1n) is 11.0. The van der Waals surface area contributed by atoms with E-state index in [1.807, 2.05) is 19.1 Å². The lowest BCUT2D eigenvalue weighted by Gasteiger charge is -2.14. The summed E-state index contributed by atoms with van der Waals surface area (Å²) in [4.78, 5) is 9.69. The van der Waals surface area contributed by atoms with Gasteiger partial charge in [0.05, 0.1) is 12.6 Å². The summed E-state index contributed by atoms with van der Waals surface area (Å²) >= 11 is 3.67. The Hall–Kier alpha value is -3.49. The molecule has 2 heterocycles. The molecule has 0 bridgehead atoms. The second-order valence-electron chi connectivity index (χ2n) is 8.36. The van der Waals surface area contributed by atoms with Crippen molar-refractivity contribution in [2.75, 3.05) is 0 Å². The van der Waals surface area contributed by atoms with Gasteiger partial charge in [-0.25, -0.2) is 9.97 Å². The molecule has 5 heteroatoms. The Balaban J connectivity index is 1.63. The summed E-state index contributed by atoms with van der Waals surface area (Å²) in [6.07, 6.45) is 6.75. The number of hydrogen-bond acceptors (Lipinski definition) is 3. The SMILES string of the molecule is CCc1nc2c(C)cc(C)nc2n1Cc1ccc2c(c1)C=Cc1c(Br)cccc1/C2=C/C#N. The van der Waals surface area contributed by atoms with Gasteiger partial charge in [0.15, 0.2) is 5.65 Å². The maximum atomic E-state index is 9.48. The van der Waals surface area contributed by atoms with Crippen LogP contribution < -0.4 is 0 Å². The summed E-state index contributed by atoms with van der Waals surface area (Å²) in [5.41, 5.74) is 10.5. The Morgan fingerprint density at radius 1 is 1.06 bits per heavy atom. The maximum Gasteiger partial charge on any atom is 0.160 e. The Kier molecular flexibility index (Phi) is 5.47. The van der Waals surface area contributed by atoms with E-state index in [0.717, 1.165) is 67.0 Å². The van der Waals surface area contributed by atoms with Crippen molar-refractivity contribution in [2.24, 2.45) is 0 Å². The van der Waals surface area contributed by atoms with E-state index in [1.165, 1.54) is 5.56 Å². The van der Waals surface area contributed by atoms with E-state index in [9.17, 15) is 5.26 Å². The fourth-order valence-electron chi connectivity index (χ4n) is 4.64. The van der Waals surface area contributed by atoms with Gasteiger partial charge in [0.2, 0.25) is 0 Å². The van der Waals surface area contributed by atoms with Crippen molar-refractivity contribution >= 4 is 44.8 Å². The Bertz CT molecular complexity index is 1520. The smallest absolute Gasteiger partial charge is 0.160 e. The molecule has 1 aliphatic carbocycles. The number of benzene rings is 2. The molecule has 2 aromatic carbocycles. The maximum absolute atomic E-state index is 9.48. The van der Waals surface area contributed by atoms with Gasteiger partial charge in [0.25, 0.3) is 0 Å². The van der Waals surface area contributed by atoms with Crippen LogP contribution in [-0.2, 0) is 13.0 Å². The Morgan fingerprint density at radius 3 is 2.70 bits per heavy atom. The quantitative estimate of drug-likeness (QED) is 0.257. The van der Waals surface area contributed by atoms with Gasteiger partial charge in [-0.15, -0.1) is 0 Å². The van der Waals surface area contributed by atoms with Gasteiger partial charge < -0.3 is 4.57 Å². The lowest BCUT2D eigenvalue weighted by atomic mass is 9.92. The van der Waals surface area contributed by atoms with Crippen LogP contribution in [0.2, 0.25) is 0 Å². The highest BCUT2D eigenvalue weighted by Gasteiger charge is 2.18. The molecular weight excluding hydrogens is 472 g/mol. The average molecular weight is 495 g/mol. The van der Waals surface area contributed by atoms with Crippen molar-refractivity contribution in [3.63, 3.8) is 0 Å². The van der Waals surface area contributed by atoms with Crippen LogP contribution in [-0.4, -0.2) is 14.5 Å². The monoisotopic (exact) mass is 494 g/mol. The van der Waals surface area contributed by atoms with Crippen LogP contribution in [0, 0.1) is 25.2 Å². The molecule has 0 spiro atoms. The van der Waals surface area contributed by atoms with Gasteiger partial charge in [-0.1, -0.05) is 59.3 Å². The fraction of sp³-hybridized carbons (Fsp3) is 0.179. The number of pyridine rings is 1. The number of aryl methyl sites for hydroxylation is 3. The van der Waals surface area contributed by atoms with Crippen molar-refractivity contribution in [2.45, 2.75) is 33.7 Å². The zero-order chi connectivity index (χ0) is 23.1. The Labute approximate surface area is 202 Å². The van der Waals surface area contributed by atoms with Gasteiger partial charge in [0.1, 0.15) is 11.3 Å². The van der Waals surface area contributed by atoms with Crippen LogP contribution >= 0.6 is 15.9 Å². The Morgan fingerprint density at radius 2 is 1.91 bits per heavy atom. The second-order valence-corrected chi connectivity index (χ2v) is 9.22. The number of allylic oxidation sites excluding steroid dienone is 1. The molecule has 2 aromatic heterocycles. The van der Waals surface area contributed by atoms with Crippen LogP contribution in [0.4, 0.5) is 0 Å². The minimum Gasteiger partial charge on any atom is -0.308 e. The van der Waals surface area contributed by atoms with E-state index < -0.39 is 0 Å². The first kappa shape index (κ1) is 21.4. The van der Waals surface area contributed by atoms with Crippen LogP contribution in [0.15, 0.2) is 53.0 Å². The third-order valence-electron chi connectivity index (χ3n) is 6.15. The molecule has 1 aliphatic rings. The van der Waals surface area contributed by atoms with E-state index in [-0.39, 0.29) is 0 Å². The zero-order valence-electron chi connectivity index (χ0n) is 18.9. The van der Waals surface area contributed by atoms with Gasteiger partial charge in [-0.05, 0) is 65.4 Å². The molecule has 0 saturated heterocycles. The van der Waals surface area contributed by atoms with Gasteiger partial charge >= 0.3 is 0 Å². The van der Waals surface area contributed by atoms with Gasteiger partial charge in [-0.3, -0.25) is 0 Å². The number of nitrogens with zero attached hydrogens (tertiary/aromatic N) is 4. The topological polar surface area (TPSA) is 54.5 Å². The van der Waals surface area contributed by atoms with Crippen molar-refractivity contribution < 1.29 is 0 Å². The summed E-state index contributed by atoms with van der Waals surface area (Å²) in [6, 6.07) is 16.9. The molecule has 0 aliphatic heterocycles. The number of fused-ring (bicyclic) bond motifs is 3. The van der Waals surface area contributed by atoms with Crippen LogP contribution in [0.5, 0.6) is 0 Å². The molecule has 33 heavy (non-hydrogen) atoms. The van der Waals surface area contributed by atoms with E-state index in [1.54, 1.807) is 6.08 Å². The third kappa shape index (κ3) is 3.71. The van der Waals surface area contributed by atoms with E-state index in [0.29, 0.717) is 6.54 Å². The van der Waals surface area contributed by atoms with Crippen molar-refractivity contribution in [1.82, 2.24) is 14.5 Å². The minimum atomic E-state index is 0.699. The number of hydrogen-bond donors (Lipinski definition) is 0. The largest absolute Gasteiger partial charge is 0.308 e. The number of halogens is 1. The minimum absolute atomic E-state index is 0.699. The first-order valence-corrected chi connectivity index (χ1v) is 11.8. The number of imidazole rings is 1. The molecule has 4 nitrogen and oxygen atoms in total. The molecule has 5 rings (SSSR count). The summed E-state index contributed by atoms with van der Waals surface area (Å²) in [6.45, 7) is 6.96. The molecule has 4 aromatic rings. The molecular formula is C28H23BrN4. The van der Waals surface area contributed by atoms with Crippen molar-refractivity contribution in [3.8, 4) is 6.07 Å². The van der Waals surface area contributed by atoms with Crippen LogP contribution in [0.25, 0.3) is 28.9 Å². The average Bonchev–Trinajstić information content (AvgIpc) is 3.06. The lowest BCUT2D eigenvalue weighted by Crippen LogP contribution is -2.06. The van der Waals surface area contributed by atoms with E-state index in [4.69, 9.17) is 9.97 Å². The summed E-state index contributed by atoms with van der Waals surface area (Å²) in [7, 11) is 0. The highest BCUT2D eigenvalue weighted by atomic mass is 79.9. The zero-order valence-corrected chi connectivity index (χ0v) is 20.4. The predicted molar refractivity (Wildman–Crippen MR) is 138 cm³/mol. The summed E-state index contributed by atoms with van der Waals surface area (Å²) in [5.74, 6) is 1.04. The number of nitriles is 1. The molecule has 0 N–H and O–H groups in total. The normalized spacial score (nSPS) is 13.6. The predicted octanol–water partition coefficient (Wildman–Crippen LogP) is 6.86. The molecule has 0 saturated carbocycles. The summed E-state index contributed by atoms with van der Waals surface area (Å²) < 4.78 is 3.25.